The fourth-order valence-corrected chi connectivity index (χ4v) is 1.83. The molecule has 0 radical (unpaired) electrons. The van der Waals surface area contributed by atoms with Crippen LogP contribution in [-0.2, 0) is 4.74 Å². The van der Waals surface area contributed by atoms with Gasteiger partial charge in [-0.25, -0.2) is 4.79 Å². The standard InChI is InChI=1S/C14H14N2O6.C3H8/c1-20-10-5-4-8(6-11(10)21-2)16-12(18)7-9(17)13(15-16)14(19)22-3;1-3-2/h4-7,17H,1-3H3;3H2,1-2H3. The molecule has 1 heterocycles. The summed E-state index contributed by atoms with van der Waals surface area (Å²) in [6.45, 7) is 4.25. The van der Waals surface area contributed by atoms with Crippen molar-refractivity contribution in [2.45, 2.75) is 20.3 Å². The second-order valence-electron chi connectivity index (χ2n) is 4.87. The molecule has 0 bridgehead atoms. The number of ether oxygens (including phenoxy) is 3. The lowest BCUT2D eigenvalue weighted by Crippen LogP contribution is -2.23. The first kappa shape index (κ1) is 20.0. The summed E-state index contributed by atoms with van der Waals surface area (Å²) in [5.74, 6) is -0.534. The van der Waals surface area contributed by atoms with Crippen molar-refractivity contribution in [2.75, 3.05) is 21.3 Å². The van der Waals surface area contributed by atoms with E-state index in [-0.39, 0.29) is 5.69 Å². The van der Waals surface area contributed by atoms with Gasteiger partial charge in [0.25, 0.3) is 5.56 Å². The summed E-state index contributed by atoms with van der Waals surface area (Å²) in [6, 6.07) is 5.56. The van der Waals surface area contributed by atoms with Gasteiger partial charge in [-0.15, -0.1) is 0 Å². The van der Waals surface area contributed by atoms with Crippen LogP contribution >= 0.6 is 0 Å². The largest absolute Gasteiger partial charge is 0.505 e. The van der Waals surface area contributed by atoms with Gasteiger partial charge >= 0.3 is 5.97 Å². The summed E-state index contributed by atoms with van der Waals surface area (Å²) >= 11 is 0. The number of nitrogens with zero attached hydrogens (tertiary/aromatic N) is 2. The average Bonchev–Trinajstić information content (AvgIpc) is 2.61. The fourth-order valence-electron chi connectivity index (χ4n) is 1.83. The molecule has 0 spiro atoms. The maximum atomic E-state index is 12.0. The van der Waals surface area contributed by atoms with Gasteiger partial charge in [0.15, 0.2) is 17.2 Å². The zero-order valence-corrected chi connectivity index (χ0v) is 14.9. The minimum atomic E-state index is -0.855. The summed E-state index contributed by atoms with van der Waals surface area (Å²) in [6.07, 6.45) is 1.25. The van der Waals surface area contributed by atoms with Crippen molar-refractivity contribution in [1.29, 1.82) is 0 Å². The molecule has 2 rings (SSSR count). The minimum Gasteiger partial charge on any atom is -0.505 e. The fraction of sp³-hybridized carbons (Fsp3) is 0.353. The molecule has 0 saturated carbocycles. The Labute approximate surface area is 145 Å². The number of aromatic nitrogens is 2. The van der Waals surface area contributed by atoms with Crippen molar-refractivity contribution in [2.24, 2.45) is 0 Å². The molecule has 0 unspecified atom stereocenters. The molecular weight excluding hydrogens is 328 g/mol. The third-order valence-corrected chi connectivity index (χ3v) is 2.90. The molecule has 0 saturated heterocycles. The topological polar surface area (TPSA) is 99.9 Å². The summed E-state index contributed by atoms with van der Waals surface area (Å²) < 4.78 is 15.7. The molecule has 25 heavy (non-hydrogen) atoms. The highest BCUT2D eigenvalue weighted by Gasteiger charge is 2.17. The first-order valence-corrected chi connectivity index (χ1v) is 7.57. The quantitative estimate of drug-likeness (QED) is 0.843. The summed E-state index contributed by atoms with van der Waals surface area (Å²) in [5, 5.41) is 13.5. The van der Waals surface area contributed by atoms with Crippen LogP contribution in [0.2, 0.25) is 0 Å². The molecule has 0 atom stereocenters. The number of hydrogen-bond donors (Lipinski definition) is 1. The van der Waals surface area contributed by atoms with E-state index in [1.165, 1.54) is 26.7 Å². The molecule has 136 valence electrons. The van der Waals surface area contributed by atoms with Gasteiger partial charge in [0.1, 0.15) is 0 Å². The third-order valence-electron chi connectivity index (χ3n) is 2.90. The van der Waals surface area contributed by atoms with E-state index in [1.54, 1.807) is 12.1 Å². The molecular formula is C17H22N2O6. The Balaban J connectivity index is 0.000000970. The molecule has 0 aliphatic carbocycles. The number of carbonyl (C=O) groups is 1. The number of benzene rings is 1. The second-order valence-corrected chi connectivity index (χ2v) is 4.87. The van der Waals surface area contributed by atoms with Crippen LogP contribution in [-0.4, -0.2) is 42.2 Å². The summed E-state index contributed by atoms with van der Waals surface area (Å²) in [7, 11) is 4.09. The Hall–Kier alpha value is -3.03. The van der Waals surface area contributed by atoms with Gasteiger partial charge in [-0.2, -0.15) is 9.78 Å². The maximum absolute atomic E-state index is 12.0. The summed E-state index contributed by atoms with van der Waals surface area (Å²) in [4.78, 5) is 23.5. The monoisotopic (exact) mass is 350 g/mol. The highest BCUT2D eigenvalue weighted by molar-refractivity contribution is 5.89. The lowest BCUT2D eigenvalue weighted by atomic mass is 10.2. The SMILES string of the molecule is CCC.COC(=O)c1nn(-c2ccc(OC)c(OC)c2)c(=O)cc1O. The van der Waals surface area contributed by atoms with Crippen molar-refractivity contribution in [3.05, 3.63) is 40.3 Å². The molecule has 0 fully saturated rings. The maximum Gasteiger partial charge on any atom is 0.362 e. The van der Waals surface area contributed by atoms with Gasteiger partial charge in [-0.1, -0.05) is 20.3 Å². The Morgan fingerprint density at radius 2 is 1.72 bits per heavy atom. The van der Waals surface area contributed by atoms with E-state index in [9.17, 15) is 14.7 Å². The van der Waals surface area contributed by atoms with Gasteiger partial charge in [0.05, 0.1) is 27.0 Å². The molecule has 0 aliphatic rings. The van der Waals surface area contributed by atoms with Crippen LogP contribution in [0.3, 0.4) is 0 Å². The molecule has 1 aromatic heterocycles. The molecule has 0 amide bonds. The Kier molecular flexibility index (Phi) is 7.45. The predicted molar refractivity (Wildman–Crippen MR) is 91.9 cm³/mol. The molecule has 0 aliphatic heterocycles. The van der Waals surface area contributed by atoms with Gasteiger partial charge in [-0.05, 0) is 12.1 Å². The lowest BCUT2D eigenvalue weighted by Gasteiger charge is -2.11. The second kappa shape index (κ2) is 9.31. The van der Waals surface area contributed by atoms with Crippen LogP contribution in [0.5, 0.6) is 17.2 Å². The van der Waals surface area contributed by atoms with E-state index >= 15 is 0 Å². The lowest BCUT2D eigenvalue weighted by molar-refractivity contribution is 0.0588. The molecule has 2 aromatic rings. The molecule has 8 nitrogen and oxygen atoms in total. The molecule has 1 N–H and O–H groups in total. The average molecular weight is 350 g/mol. The van der Waals surface area contributed by atoms with Crippen LogP contribution < -0.4 is 15.0 Å². The third kappa shape index (κ3) is 4.72. The smallest absolute Gasteiger partial charge is 0.362 e. The van der Waals surface area contributed by atoms with Crippen molar-refractivity contribution in [3.8, 4) is 22.9 Å². The van der Waals surface area contributed by atoms with E-state index in [1.807, 2.05) is 0 Å². The minimum absolute atomic E-state index is 0.341. The number of hydrogen-bond acceptors (Lipinski definition) is 7. The van der Waals surface area contributed by atoms with Gasteiger partial charge in [0, 0.05) is 12.1 Å². The zero-order valence-electron chi connectivity index (χ0n) is 14.9. The Morgan fingerprint density at radius 3 is 2.24 bits per heavy atom. The predicted octanol–water partition coefficient (Wildman–Crippen LogP) is 2.16. The van der Waals surface area contributed by atoms with E-state index in [4.69, 9.17) is 9.47 Å². The van der Waals surface area contributed by atoms with Crippen molar-refractivity contribution in [1.82, 2.24) is 9.78 Å². The number of carbonyl (C=O) groups excluding carboxylic acids is 1. The number of rotatable bonds is 4. The first-order chi connectivity index (χ1) is 11.9. The molecule has 8 heteroatoms. The van der Waals surface area contributed by atoms with Gasteiger partial charge in [-0.3, -0.25) is 4.79 Å². The van der Waals surface area contributed by atoms with E-state index < -0.39 is 17.3 Å². The van der Waals surface area contributed by atoms with Gasteiger partial charge < -0.3 is 19.3 Å². The van der Waals surface area contributed by atoms with Crippen molar-refractivity contribution < 1.29 is 24.1 Å². The van der Waals surface area contributed by atoms with Crippen molar-refractivity contribution in [3.63, 3.8) is 0 Å². The Morgan fingerprint density at radius 1 is 1.12 bits per heavy atom. The van der Waals surface area contributed by atoms with Crippen LogP contribution in [0.15, 0.2) is 29.1 Å². The highest BCUT2D eigenvalue weighted by Crippen LogP contribution is 2.28. The normalized spacial score (nSPS) is 9.64. The van der Waals surface area contributed by atoms with Crippen LogP contribution in [0.4, 0.5) is 0 Å². The van der Waals surface area contributed by atoms with E-state index in [2.05, 4.69) is 23.7 Å². The van der Waals surface area contributed by atoms with E-state index in [0.717, 1.165) is 17.9 Å². The van der Waals surface area contributed by atoms with Gasteiger partial charge in [0.2, 0.25) is 5.69 Å². The van der Waals surface area contributed by atoms with Crippen LogP contribution in [0.25, 0.3) is 5.69 Å². The number of methoxy groups -OCH3 is 3. The van der Waals surface area contributed by atoms with Crippen LogP contribution in [0, 0.1) is 0 Å². The number of esters is 1. The Bertz CT molecular complexity index is 785. The molecule has 1 aromatic carbocycles. The van der Waals surface area contributed by atoms with Crippen LogP contribution in [0.1, 0.15) is 30.8 Å². The van der Waals surface area contributed by atoms with Crippen molar-refractivity contribution >= 4 is 5.97 Å². The number of aromatic hydroxyl groups is 1. The van der Waals surface area contributed by atoms with E-state index in [0.29, 0.717) is 17.2 Å². The first-order valence-electron chi connectivity index (χ1n) is 7.57. The zero-order chi connectivity index (χ0) is 19.0. The summed E-state index contributed by atoms with van der Waals surface area (Å²) in [5.41, 5.74) is -0.637. The highest BCUT2D eigenvalue weighted by atomic mass is 16.5.